The Kier molecular flexibility index (Phi) is 9.74. The molecule has 8 heteroatoms. The molecule has 3 N–H and O–H groups in total. The molecule has 1 heterocycles. The lowest BCUT2D eigenvalue weighted by atomic mass is 9.85. The van der Waals surface area contributed by atoms with Crippen LogP contribution in [0.4, 0.5) is 0 Å². The molecular weight excluding hydrogens is 394 g/mol. The lowest BCUT2D eigenvalue weighted by Crippen LogP contribution is -2.43. The minimum Gasteiger partial charge on any atom is -0.390 e. The Morgan fingerprint density at radius 2 is 2.11 bits per heavy atom. The average Bonchev–Trinajstić information content (AvgIpc) is 3.21. The van der Waals surface area contributed by atoms with Crippen LogP contribution >= 0.6 is 11.3 Å². The molecule has 160 valence electrons. The molecule has 0 amide bonds. The number of aliphatic hydroxyl groups excluding tert-OH is 1. The highest BCUT2D eigenvalue weighted by atomic mass is 32.2. The SMILES string of the molecule is CCNC(=NCC(O)CS(=O)(=O)c1cccs1)NC(C)CCC1CCCCC1. The fraction of sp³-hybridized carbons (Fsp3) is 0.750. The van der Waals surface area contributed by atoms with E-state index in [2.05, 4.69) is 22.5 Å². The van der Waals surface area contributed by atoms with Crippen molar-refractivity contribution in [3.05, 3.63) is 17.5 Å². The lowest BCUT2D eigenvalue weighted by molar-refractivity contribution is 0.206. The number of sulfone groups is 1. The predicted molar refractivity (Wildman–Crippen MR) is 117 cm³/mol. The quantitative estimate of drug-likeness (QED) is 0.392. The van der Waals surface area contributed by atoms with Crippen molar-refractivity contribution in [1.82, 2.24) is 10.6 Å². The summed E-state index contributed by atoms with van der Waals surface area (Å²) in [4.78, 5) is 4.40. The van der Waals surface area contributed by atoms with Crippen molar-refractivity contribution >= 4 is 27.1 Å². The Labute approximate surface area is 173 Å². The Morgan fingerprint density at radius 3 is 2.75 bits per heavy atom. The summed E-state index contributed by atoms with van der Waals surface area (Å²) in [6.45, 7) is 4.90. The number of hydrogen-bond donors (Lipinski definition) is 3. The monoisotopic (exact) mass is 429 g/mol. The second-order valence-corrected chi connectivity index (χ2v) is 10.9. The van der Waals surface area contributed by atoms with Gasteiger partial charge in [-0.05, 0) is 44.1 Å². The highest BCUT2D eigenvalue weighted by Gasteiger charge is 2.21. The highest BCUT2D eigenvalue weighted by Crippen LogP contribution is 2.27. The van der Waals surface area contributed by atoms with E-state index >= 15 is 0 Å². The molecule has 2 rings (SSSR count). The molecule has 0 aliphatic heterocycles. The molecule has 1 saturated carbocycles. The average molecular weight is 430 g/mol. The van der Waals surface area contributed by atoms with E-state index in [4.69, 9.17) is 0 Å². The summed E-state index contributed by atoms with van der Waals surface area (Å²) in [7, 11) is -3.46. The molecule has 6 nitrogen and oxygen atoms in total. The third-order valence-corrected chi connectivity index (χ3v) is 8.42. The van der Waals surface area contributed by atoms with Gasteiger partial charge in [0.15, 0.2) is 15.8 Å². The van der Waals surface area contributed by atoms with Crippen LogP contribution in [0.25, 0.3) is 0 Å². The number of aliphatic imine (C=N–C) groups is 1. The van der Waals surface area contributed by atoms with Gasteiger partial charge in [0, 0.05) is 12.6 Å². The third kappa shape index (κ3) is 8.09. The largest absolute Gasteiger partial charge is 0.390 e. The van der Waals surface area contributed by atoms with Gasteiger partial charge in [-0.2, -0.15) is 0 Å². The number of aliphatic hydroxyl groups is 1. The molecule has 2 atom stereocenters. The van der Waals surface area contributed by atoms with Crippen molar-refractivity contribution in [1.29, 1.82) is 0 Å². The van der Waals surface area contributed by atoms with E-state index in [1.54, 1.807) is 17.5 Å². The fourth-order valence-electron chi connectivity index (χ4n) is 3.61. The molecule has 0 aromatic carbocycles. The molecule has 2 unspecified atom stereocenters. The first-order valence-corrected chi connectivity index (χ1v) is 12.9. The van der Waals surface area contributed by atoms with Gasteiger partial charge in [0.1, 0.15) is 4.21 Å². The molecule has 1 aliphatic carbocycles. The second kappa shape index (κ2) is 11.8. The summed E-state index contributed by atoms with van der Waals surface area (Å²) < 4.78 is 24.8. The number of guanidine groups is 1. The molecule has 1 aromatic heterocycles. The van der Waals surface area contributed by atoms with E-state index in [1.807, 2.05) is 6.92 Å². The van der Waals surface area contributed by atoms with Gasteiger partial charge in [0.2, 0.25) is 0 Å². The van der Waals surface area contributed by atoms with Gasteiger partial charge in [0.25, 0.3) is 0 Å². The van der Waals surface area contributed by atoms with Gasteiger partial charge in [-0.25, -0.2) is 8.42 Å². The van der Waals surface area contributed by atoms with Crippen molar-refractivity contribution < 1.29 is 13.5 Å². The lowest BCUT2D eigenvalue weighted by Gasteiger charge is -2.24. The first-order chi connectivity index (χ1) is 13.4. The number of thiophene rings is 1. The Balaban J connectivity index is 1.81. The van der Waals surface area contributed by atoms with E-state index in [-0.39, 0.29) is 22.5 Å². The fourth-order valence-corrected chi connectivity index (χ4v) is 6.08. The molecule has 1 fully saturated rings. The zero-order valence-electron chi connectivity index (χ0n) is 17.1. The smallest absolute Gasteiger partial charge is 0.191 e. The molecule has 1 aliphatic rings. The maximum absolute atomic E-state index is 12.3. The summed E-state index contributed by atoms with van der Waals surface area (Å²) in [6, 6.07) is 3.55. The van der Waals surface area contributed by atoms with Crippen LogP contribution in [0.5, 0.6) is 0 Å². The topological polar surface area (TPSA) is 90.8 Å². The first kappa shape index (κ1) is 23.2. The van der Waals surface area contributed by atoms with Gasteiger partial charge in [-0.3, -0.25) is 4.99 Å². The number of nitrogens with zero attached hydrogens (tertiary/aromatic N) is 1. The minimum atomic E-state index is -3.46. The summed E-state index contributed by atoms with van der Waals surface area (Å²) in [5, 5.41) is 18.5. The van der Waals surface area contributed by atoms with E-state index in [0.717, 1.165) is 12.3 Å². The van der Waals surface area contributed by atoms with Gasteiger partial charge < -0.3 is 15.7 Å². The van der Waals surface area contributed by atoms with Crippen LogP contribution in [-0.4, -0.2) is 50.5 Å². The van der Waals surface area contributed by atoms with Gasteiger partial charge in [-0.1, -0.05) is 38.2 Å². The molecule has 0 saturated heterocycles. The van der Waals surface area contributed by atoms with Crippen LogP contribution in [0.2, 0.25) is 0 Å². The van der Waals surface area contributed by atoms with Gasteiger partial charge in [-0.15, -0.1) is 11.3 Å². The van der Waals surface area contributed by atoms with E-state index in [9.17, 15) is 13.5 Å². The minimum absolute atomic E-state index is 0.0509. The summed E-state index contributed by atoms with van der Waals surface area (Å²) in [6.07, 6.45) is 8.11. The van der Waals surface area contributed by atoms with Crippen molar-refractivity contribution in [2.45, 2.75) is 75.1 Å². The third-order valence-electron chi connectivity index (χ3n) is 5.13. The van der Waals surface area contributed by atoms with Crippen LogP contribution in [-0.2, 0) is 9.84 Å². The Bertz CT molecular complexity index is 684. The van der Waals surface area contributed by atoms with Crippen molar-refractivity contribution in [3.8, 4) is 0 Å². The summed E-state index contributed by atoms with van der Waals surface area (Å²) in [5.41, 5.74) is 0. The van der Waals surface area contributed by atoms with Crippen LogP contribution in [0.1, 0.15) is 58.8 Å². The van der Waals surface area contributed by atoms with Crippen LogP contribution in [0, 0.1) is 5.92 Å². The van der Waals surface area contributed by atoms with Crippen LogP contribution in [0.15, 0.2) is 26.7 Å². The highest BCUT2D eigenvalue weighted by molar-refractivity contribution is 7.93. The van der Waals surface area contributed by atoms with E-state index in [0.29, 0.717) is 12.5 Å². The molecular formula is C20H35N3O3S2. The first-order valence-electron chi connectivity index (χ1n) is 10.4. The van der Waals surface area contributed by atoms with E-state index < -0.39 is 15.9 Å². The maximum atomic E-state index is 12.3. The number of hydrogen-bond acceptors (Lipinski definition) is 5. The van der Waals surface area contributed by atoms with Crippen molar-refractivity contribution in [2.75, 3.05) is 18.8 Å². The molecule has 28 heavy (non-hydrogen) atoms. The second-order valence-electron chi connectivity index (χ2n) is 7.71. The van der Waals surface area contributed by atoms with Crippen LogP contribution < -0.4 is 10.6 Å². The predicted octanol–water partition coefficient (Wildman–Crippen LogP) is 3.19. The van der Waals surface area contributed by atoms with Gasteiger partial charge in [0.05, 0.1) is 18.4 Å². The van der Waals surface area contributed by atoms with Crippen molar-refractivity contribution in [2.24, 2.45) is 10.9 Å². The van der Waals surface area contributed by atoms with Gasteiger partial charge >= 0.3 is 0 Å². The maximum Gasteiger partial charge on any atom is 0.191 e. The standard InChI is InChI=1S/C20H35N3O3S2/c1-3-21-20(23-16(2)11-12-17-8-5-4-6-9-17)22-14-18(24)15-28(25,26)19-10-7-13-27-19/h7,10,13,16-18,24H,3-6,8-9,11-12,14-15H2,1-2H3,(H2,21,22,23). The Morgan fingerprint density at radius 1 is 1.36 bits per heavy atom. The summed E-state index contributed by atoms with van der Waals surface area (Å²) >= 11 is 1.17. The molecule has 0 spiro atoms. The molecule has 0 radical (unpaired) electrons. The zero-order chi connectivity index (χ0) is 20.4. The molecule has 0 bridgehead atoms. The zero-order valence-corrected chi connectivity index (χ0v) is 18.7. The van der Waals surface area contributed by atoms with Crippen LogP contribution in [0.3, 0.4) is 0 Å². The summed E-state index contributed by atoms with van der Waals surface area (Å²) in [5.74, 6) is 1.17. The normalized spacial score (nSPS) is 18.6. The number of nitrogens with one attached hydrogen (secondary N) is 2. The number of rotatable bonds is 10. The molecule has 1 aromatic rings. The van der Waals surface area contributed by atoms with Crippen molar-refractivity contribution in [3.63, 3.8) is 0 Å². The Hall–Kier alpha value is -1.12. The van der Waals surface area contributed by atoms with E-state index in [1.165, 1.54) is 49.9 Å².